The van der Waals surface area contributed by atoms with E-state index in [4.69, 9.17) is 14.4 Å². The molecule has 0 bridgehead atoms. The van der Waals surface area contributed by atoms with Crippen molar-refractivity contribution < 1.29 is 4.42 Å². The van der Waals surface area contributed by atoms with Crippen LogP contribution in [0.2, 0.25) is 0 Å². The smallest absolute Gasteiger partial charge is 0.159 e. The first-order valence-electron chi connectivity index (χ1n) is 21.3. The van der Waals surface area contributed by atoms with Crippen LogP contribution in [0.5, 0.6) is 0 Å². The summed E-state index contributed by atoms with van der Waals surface area (Å²) in [5.41, 5.74) is 7.89. The molecule has 13 aromatic rings. The molecule has 0 radical (unpaired) electrons. The minimum absolute atomic E-state index is 0.413. The molecule has 0 amide bonds. The molecular weight excluding hydrogens is 789 g/mol. The van der Waals surface area contributed by atoms with E-state index in [1.165, 1.54) is 52.5 Å². The molecule has 0 saturated carbocycles. The Morgan fingerprint density at radius 3 is 2.06 bits per heavy atom. The number of benzene rings is 10. The van der Waals surface area contributed by atoms with E-state index in [1.54, 1.807) is 0 Å². The van der Waals surface area contributed by atoms with E-state index in [-0.39, 0.29) is 0 Å². The third-order valence-corrected chi connectivity index (χ3v) is 14.1. The Labute approximate surface area is 364 Å². The monoisotopic (exact) mass is 822 g/mol. The first-order valence-corrected chi connectivity index (χ1v) is 22.1. The normalized spacial score (nSPS) is 14.5. The van der Waals surface area contributed by atoms with Crippen molar-refractivity contribution in [1.82, 2.24) is 9.88 Å². The van der Waals surface area contributed by atoms with E-state index in [1.807, 2.05) is 11.3 Å². The molecule has 10 aromatic carbocycles. The van der Waals surface area contributed by atoms with Crippen molar-refractivity contribution in [2.24, 2.45) is 9.98 Å². The molecule has 63 heavy (non-hydrogen) atoms. The average molecular weight is 823 g/mol. The lowest BCUT2D eigenvalue weighted by Gasteiger charge is -2.25. The van der Waals surface area contributed by atoms with Crippen molar-refractivity contribution in [3.05, 3.63) is 211 Å². The van der Waals surface area contributed by atoms with Gasteiger partial charge in [-0.1, -0.05) is 127 Å². The molecule has 3 aromatic heterocycles. The number of fused-ring (bicyclic) bond motifs is 13. The van der Waals surface area contributed by atoms with Crippen molar-refractivity contribution in [3.63, 3.8) is 0 Å². The lowest BCUT2D eigenvalue weighted by Crippen LogP contribution is -2.33. The second-order valence-corrected chi connectivity index (χ2v) is 17.7. The number of nitrogens with zero attached hydrogens (tertiary/aromatic N) is 3. The van der Waals surface area contributed by atoms with Crippen LogP contribution in [-0.4, -0.2) is 16.2 Å². The van der Waals surface area contributed by atoms with E-state index < -0.39 is 6.17 Å². The molecule has 0 fully saturated rings. The van der Waals surface area contributed by atoms with Gasteiger partial charge < -0.3 is 14.3 Å². The molecule has 6 heteroatoms. The molecule has 1 unspecified atom stereocenters. The van der Waals surface area contributed by atoms with Crippen LogP contribution in [-0.2, 0) is 0 Å². The zero-order valence-electron chi connectivity index (χ0n) is 33.7. The number of aromatic nitrogens is 1. The number of para-hydroxylation sites is 1. The summed E-state index contributed by atoms with van der Waals surface area (Å²) >= 11 is 1.82. The molecule has 14 rings (SSSR count). The Hall–Kier alpha value is -8.06. The van der Waals surface area contributed by atoms with E-state index >= 15 is 0 Å². The molecule has 0 spiro atoms. The van der Waals surface area contributed by atoms with Crippen LogP contribution in [0.15, 0.2) is 209 Å². The van der Waals surface area contributed by atoms with Crippen LogP contribution in [0, 0.1) is 0 Å². The molecule has 0 aliphatic carbocycles. The Morgan fingerprint density at radius 2 is 1.19 bits per heavy atom. The maximum atomic E-state index is 7.06. The number of amidine groups is 2. The quantitative estimate of drug-likeness (QED) is 0.192. The number of furan rings is 1. The highest BCUT2D eigenvalue weighted by Crippen LogP contribution is 2.42. The third kappa shape index (κ3) is 5.28. The Kier molecular flexibility index (Phi) is 7.27. The number of aliphatic imine (C=N–C) groups is 2. The molecule has 294 valence electrons. The van der Waals surface area contributed by atoms with Crippen molar-refractivity contribution >= 4 is 119 Å². The summed E-state index contributed by atoms with van der Waals surface area (Å²) in [5.74, 6) is 1.42. The van der Waals surface area contributed by atoms with Crippen LogP contribution >= 0.6 is 11.3 Å². The van der Waals surface area contributed by atoms with E-state index in [9.17, 15) is 0 Å². The summed E-state index contributed by atoms with van der Waals surface area (Å²) in [6.07, 6.45) is -0.413. The maximum absolute atomic E-state index is 7.06. The molecule has 1 N–H and O–H groups in total. The maximum Gasteiger partial charge on any atom is 0.159 e. The molecule has 5 nitrogen and oxygen atoms in total. The second kappa shape index (κ2) is 13.2. The van der Waals surface area contributed by atoms with Crippen molar-refractivity contribution in [3.8, 4) is 5.69 Å². The van der Waals surface area contributed by atoms with Crippen molar-refractivity contribution in [2.75, 3.05) is 0 Å². The van der Waals surface area contributed by atoms with Gasteiger partial charge in [-0.2, -0.15) is 0 Å². The molecule has 1 aliphatic heterocycles. The predicted molar refractivity (Wildman–Crippen MR) is 265 cm³/mol. The van der Waals surface area contributed by atoms with Gasteiger partial charge in [0, 0.05) is 64.3 Å². The van der Waals surface area contributed by atoms with Crippen LogP contribution in [0.1, 0.15) is 22.9 Å². The molecular formula is C57H34N4OS. The van der Waals surface area contributed by atoms with E-state index in [0.29, 0.717) is 5.84 Å². The summed E-state index contributed by atoms with van der Waals surface area (Å²) in [4.78, 5) is 10.9. The number of hydrogen-bond donors (Lipinski definition) is 1. The fourth-order valence-electron chi connectivity index (χ4n) is 10.00. The highest BCUT2D eigenvalue weighted by atomic mass is 32.1. The van der Waals surface area contributed by atoms with Crippen LogP contribution in [0.3, 0.4) is 0 Å². The Balaban J connectivity index is 1.06. The van der Waals surface area contributed by atoms with Gasteiger partial charge in [-0.05, 0) is 93.2 Å². The topological polar surface area (TPSA) is 54.8 Å². The van der Waals surface area contributed by atoms with Gasteiger partial charge in [0.05, 0.1) is 16.7 Å². The van der Waals surface area contributed by atoms with Gasteiger partial charge in [-0.3, -0.25) is 0 Å². The minimum Gasteiger partial charge on any atom is -0.455 e. The third-order valence-electron chi connectivity index (χ3n) is 13.0. The summed E-state index contributed by atoms with van der Waals surface area (Å²) in [6.45, 7) is 0. The first kappa shape index (κ1) is 34.6. The van der Waals surface area contributed by atoms with Crippen molar-refractivity contribution in [1.29, 1.82) is 0 Å². The largest absolute Gasteiger partial charge is 0.455 e. The number of hydrogen-bond acceptors (Lipinski definition) is 5. The standard InChI is InChI=1S/C57H34N4OS/c1-2-13-35-27-38(22-21-33(35)11-1)55-58-56(39-24-26-52-46(29-39)43-18-8-10-20-51(43)63-52)60-57(59-55)47-31-40(32-50-53(47)44-25-23-34-12-5-6-16-41(34)54(44)62-50)61-48-19-9-7-17-42(48)45-28-36-14-3-4-15-37(36)30-49(45)61/h1-32,55H,(H,58,59,60). The average Bonchev–Trinajstić information content (AvgIpc) is 4.02. The zero-order chi connectivity index (χ0) is 41.2. The number of nitrogens with one attached hydrogen (secondary N) is 1. The highest BCUT2D eigenvalue weighted by molar-refractivity contribution is 7.25. The summed E-state index contributed by atoms with van der Waals surface area (Å²) in [6, 6.07) is 69.8. The minimum atomic E-state index is -0.413. The van der Waals surface area contributed by atoms with Crippen LogP contribution in [0.25, 0.3) is 102 Å². The van der Waals surface area contributed by atoms with E-state index in [0.717, 1.165) is 72.0 Å². The highest BCUT2D eigenvalue weighted by Gasteiger charge is 2.27. The van der Waals surface area contributed by atoms with Gasteiger partial charge in [-0.15, -0.1) is 11.3 Å². The number of thiophene rings is 1. The second-order valence-electron chi connectivity index (χ2n) is 16.6. The Bertz CT molecular complexity index is 4150. The van der Waals surface area contributed by atoms with E-state index in [2.05, 4.69) is 204 Å². The molecule has 4 heterocycles. The van der Waals surface area contributed by atoms with Crippen LogP contribution in [0.4, 0.5) is 0 Å². The first-order chi connectivity index (χ1) is 31.2. The van der Waals surface area contributed by atoms with Gasteiger partial charge in [0.2, 0.25) is 0 Å². The lowest BCUT2D eigenvalue weighted by atomic mass is 10.00. The number of rotatable bonds is 4. The zero-order valence-corrected chi connectivity index (χ0v) is 34.5. The fraction of sp³-hybridized carbons (Fsp3) is 0.0175. The van der Waals surface area contributed by atoms with Gasteiger partial charge in [0.1, 0.15) is 23.2 Å². The lowest BCUT2D eigenvalue weighted by molar-refractivity contribution is 0.670. The summed E-state index contributed by atoms with van der Waals surface area (Å²) in [5, 5.41) is 17.8. The van der Waals surface area contributed by atoms with Crippen molar-refractivity contribution in [2.45, 2.75) is 6.17 Å². The SMILES string of the molecule is c1ccc2cc(C3N=C(c4ccc5sc6ccccc6c5c4)N=C(c4cc(-n5c6ccccc6c6cc7ccccc7cc65)cc5oc6c7ccccc7ccc6c45)N3)ccc2c1. The van der Waals surface area contributed by atoms with Gasteiger partial charge in [0.15, 0.2) is 5.84 Å². The fourth-order valence-corrected chi connectivity index (χ4v) is 11.1. The molecule has 1 atom stereocenters. The summed E-state index contributed by atoms with van der Waals surface area (Å²) < 4.78 is 12.0. The Morgan fingerprint density at radius 1 is 0.492 bits per heavy atom. The van der Waals surface area contributed by atoms with Gasteiger partial charge >= 0.3 is 0 Å². The molecule has 1 aliphatic rings. The van der Waals surface area contributed by atoms with Gasteiger partial charge in [-0.25, -0.2) is 9.98 Å². The summed E-state index contributed by atoms with van der Waals surface area (Å²) in [7, 11) is 0. The van der Waals surface area contributed by atoms with Gasteiger partial charge in [0.25, 0.3) is 0 Å². The molecule has 0 saturated heterocycles. The van der Waals surface area contributed by atoms with Crippen LogP contribution < -0.4 is 5.32 Å². The predicted octanol–water partition coefficient (Wildman–Crippen LogP) is 15.0.